The van der Waals surface area contributed by atoms with Gasteiger partial charge in [0.15, 0.2) is 0 Å². The van der Waals surface area contributed by atoms with Gasteiger partial charge in [0.25, 0.3) is 0 Å². The molecule has 0 fully saturated rings. The third-order valence-corrected chi connectivity index (χ3v) is 1.32. The van der Waals surface area contributed by atoms with Crippen molar-refractivity contribution in [2.75, 3.05) is 6.54 Å². The summed E-state index contributed by atoms with van der Waals surface area (Å²) in [5, 5.41) is 3.28. The lowest BCUT2D eigenvalue weighted by atomic mass is 10.2. The smallest absolute Gasteiger partial charge is 0.101 e. The van der Waals surface area contributed by atoms with Gasteiger partial charge in [0, 0.05) is 12.5 Å². The van der Waals surface area contributed by atoms with Crippen LogP contribution in [0.1, 0.15) is 20.3 Å². The highest BCUT2D eigenvalue weighted by Crippen LogP contribution is 1.95. The quantitative estimate of drug-likeness (QED) is 0.543. The number of hydrogen-bond acceptors (Lipinski definition) is 2. The second-order valence-corrected chi connectivity index (χ2v) is 2.76. The molecule has 0 aliphatic carbocycles. The van der Waals surface area contributed by atoms with Crippen molar-refractivity contribution in [3.63, 3.8) is 0 Å². The van der Waals surface area contributed by atoms with Gasteiger partial charge < -0.3 is 5.32 Å². The lowest BCUT2D eigenvalue weighted by Gasteiger charge is -2.12. The largest absolute Gasteiger partial charge is 0.371 e. The van der Waals surface area contributed by atoms with Crippen LogP contribution >= 0.6 is 0 Å². The number of dihydropyridines is 1. The highest BCUT2D eigenvalue weighted by Gasteiger charge is 2.00. The van der Waals surface area contributed by atoms with E-state index in [2.05, 4.69) is 36.3 Å². The molecule has 1 aliphatic heterocycles. The molecular formula is C8H14N2. The van der Waals surface area contributed by atoms with Crippen molar-refractivity contribution in [1.82, 2.24) is 5.32 Å². The molecule has 1 heterocycles. The van der Waals surface area contributed by atoms with Crippen LogP contribution in [0.5, 0.6) is 0 Å². The summed E-state index contributed by atoms with van der Waals surface area (Å²) in [5.74, 6) is 1.12. The van der Waals surface area contributed by atoms with Gasteiger partial charge in [-0.05, 0) is 13.8 Å². The van der Waals surface area contributed by atoms with Crippen LogP contribution in [0.2, 0.25) is 0 Å². The maximum Gasteiger partial charge on any atom is 0.101 e. The summed E-state index contributed by atoms with van der Waals surface area (Å²) in [6.07, 6.45) is 5.21. The molecule has 56 valence electrons. The van der Waals surface area contributed by atoms with Gasteiger partial charge in [-0.1, -0.05) is 12.2 Å². The number of nitrogens with zero attached hydrogens (tertiary/aromatic N) is 1. The van der Waals surface area contributed by atoms with Crippen LogP contribution in [-0.4, -0.2) is 18.4 Å². The summed E-state index contributed by atoms with van der Waals surface area (Å²) >= 11 is 0. The normalized spacial score (nSPS) is 17.3. The van der Waals surface area contributed by atoms with Gasteiger partial charge in [0.2, 0.25) is 0 Å². The third-order valence-electron chi connectivity index (χ3n) is 1.32. The number of hydrogen-bond donors (Lipinski definition) is 1. The van der Waals surface area contributed by atoms with Gasteiger partial charge >= 0.3 is 0 Å². The zero-order valence-electron chi connectivity index (χ0n) is 6.59. The van der Waals surface area contributed by atoms with Gasteiger partial charge in [-0.25, -0.2) is 0 Å². The van der Waals surface area contributed by atoms with E-state index in [9.17, 15) is 0 Å². The van der Waals surface area contributed by atoms with E-state index in [1.54, 1.807) is 0 Å². The molecule has 0 aromatic carbocycles. The SMILES string of the molecule is CC(C)NC1=NCC=CC1. The summed E-state index contributed by atoms with van der Waals surface area (Å²) in [6, 6.07) is 0.505. The second-order valence-electron chi connectivity index (χ2n) is 2.76. The van der Waals surface area contributed by atoms with Gasteiger partial charge in [0.1, 0.15) is 5.84 Å². The van der Waals surface area contributed by atoms with Crippen LogP contribution in [0.4, 0.5) is 0 Å². The topological polar surface area (TPSA) is 24.4 Å². The number of aliphatic imine (C=N–C) groups is 1. The maximum absolute atomic E-state index is 4.29. The van der Waals surface area contributed by atoms with Gasteiger partial charge in [-0.3, -0.25) is 4.99 Å². The number of amidine groups is 1. The van der Waals surface area contributed by atoms with E-state index >= 15 is 0 Å². The molecule has 0 atom stereocenters. The Labute approximate surface area is 62.0 Å². The predicted octanol–water partition coefficient (Wildman–Crippen LogP) is 1.34. The molecule has 0 aromatic heterocycles. The molecule has 0 radical (unpaired) electrons. The van der Waals surface area contributed by atoms with Gasteiger partial charge in [-0.2, -0.15) is 0 Å². The first-order chi connectivity index (χ1) is 4.79. The average Bonchev–Trinajstić information content (AvgIpc) is 1.88. The van der Waals surface area contributed by atoms with Crippen LogP contribution in [0.15, 0.2) is 17.1 Å². The zero-order valence-corrected chi connectivity index (χ0v) is 6.59. The molecule has 0 unspecified atom stereocenters. The molecule has 0 bridgehead atoms. The molecule has 0 saturated carbocycles. The maximum atomic E-state index is 4.29. The van der Waals surface area contributed by atoms with Crippen molar-refractivity contribution in [3.05, 3.63) is 12.2 Å². The van der Waals surface area contributed by atoms with Crippen LogP contribution in [-0.2, 0) is 0 Å². The molecule has 1 aliphatic rings. The Bertz CT molecular complexity index is 157. The Morgan fingerprint density at radius 3 is 2.80 bits per heavy atom. The molecule has 0 aromatic rings. The minimum absolute atomic E-state index is 0.505. The van der Waals surface area contributed by atoms with Gasteiger partial charge in [-0.15, -0.1) is 0 Å². The molecule has 0 saturated heterocycles. The molecule has 10 heavy (non-hydrogen) atoms. The fourth-order valence-electron chi connectivity index (χ4n) is 0.935. The predicted molar refractivity (Wildman–Crippen MR) is 44.3 cm³/mol. The van der Waals surface area contributed by atoms with Crippen LogP contribution in [0.25, 0.3) is 0 Å². The molecule has 1 N–H and O–H groups in total. The van der Waals surface area contributed by atoms with E-state index in [1.165, 1.54) is 0 Å². The lowest BCUT2D eigenvalue weighted by Crippen LogP contribution is -2.30. The number of nitrogens with one attached hydrogen (secondary N) is 1. The minimum atomic E-state index is 0.505. The molecule has 1 rings (SSSR count). The summed E-state index contributed by atoms with van der Waals surface area (Å²) in [7, 11) is 0. The first-order valence-electron chi connectivity index (χ1n) is 3.74. The van der Waals surface area contributed by atoms with Crippen LogP contribution in [0.3, 0.4) is 0 Å². The van der Waals surface area contributed by atoms with Crippen molar-refractivity contribution in [2.45, 2.75) is 26.3 Å². The Morgan fingerprint density at radius 1 is 1.50 bits per heavy atom. The fourth-order valence-corrected chi connectivity index (χ4v) is 0.935. The molecule has 0 spiro atoms. The van der Waals surface area contributed by atoms with E-state index in [4.69, 9.17) is 0 Å². The minimum Gasteiger partial charge on any atom is -0.371 e. The van der Waals surface area contributed by atoms with Crippen LogP contribution in [0, 0.1) is 0 Å². The summed E-state index contributed by atoms with van der Waals surface area (Å²) in [4.78, 5) is 4.29. The Hall–Kier alpha value is -0.790. The molecule has 2 heteroatoms. The van der Waals surface area contributed by atoms with Crippen molar-refractivity contribution < 1.29 is 0 Å². The van der Waals surface area contributed by atoms with E-state index < -0.39 is 0 Å². The summed E-state index contributed by atoms with van der Waals surface area (Å²) in [5.41, 5.74) is 0. The molecular weight excluding hydrogens is 124 g/mol. The fraction of sp³-hybridized carbons (Fsp3) is 0.625. The second kappa shape index (κ2) is 3.40. The van der Waals surface area contributed by atoms with E-state index in [0.29, 0.717) is 6.04 Å². The molecule has 2 nitrogen and oxygen atoms in total. The Balaban J connectivity index is 2.34. The van der Waals surface area contributed by atoms with Crippen LogP contribution < -0.4 is 5.32 Å². The highest BCUT2D eigenvalue weighted by atomic mass is 15.0. The van der Waals surface area contributed by atoms with E-state index in [1.807, 2.05) is 0 Å². The van der Waals surface area contributed by atoms with E-state index in [0.717, 1.165) is 18.8 Å². The first-order valence-corrected chi connectivity index (χ1v) is 3.74. The molecule has 0 amide bonds. The highest BCUT2D eigenvalue weighted by molar-refractivity contribution is 5.84. The number of rotatable bonds is 1. The van der Waals surface area contributed by atoms with Crippen molar-refractivity contribution in [1.29, 1.82) is 0 Å². The van der Waals surface area contributed by atoms with Crippen molar-refractivity contribution >= 4 is 5.84 Å². The zero-order chi connectivity index (χ0) is 7.40. The Kier molecular flexibility index (Phi) is 2.49. The summed E-state index contributed by atoms with van der Waals surface area (Å²) < 4.78 is 0. The standard InChI is InChI=1S/C8H14N2/c1-7(2)10-8-5-3-4-6-9-8/h3-4,7H,5-6H2,1-2H3,(H,9,10). The van der Waals surface area contributed by atoms with Crippen molar-refractivity contribution in [2.24, 2.45) is 4.99 Å². The van der Waals surface area contributed by atoms with Crippen molar-refractivity contribution in [3.8, 4) is 0 Å². The lowest BCUT2D eigenvalue weighted by molar-refractivity contribution is 0.722. The monoisotopic (exact) mass is 138 g/mol. The van der Waals surface area contributed by atoms with E-state index in [-0.39, 0.29) is 0 Å². The van der Waals surface area contributed by atoms with Gasteiger partial charge in [0.05, 0.1) is 6.54 Å². The Morgan fingerprint density at radius 2 is 2.30 bits per heavy atom. The summed E-state index contributed by atoms with van der Waals surface area (Å²) in [6.45, 7) is 5.09. The first kappa shape index (κ1) is 7.32. The average molecular weight is 138 g/mol. The third kappa shape index (κ3) is 2.21.